The summed E-state index contributed by atoms with van der Waals surface area (Å²) in [6.07, 6.45) is 22.7. The summed E-state index contributed by atoms with van der Waals surface area (Å²) in [5.74, 6) is 0.124. The number of halogens is 1. The Kier molecular flexibility index (Phi) is 27.0. The number of amides is 1. The van der Waals surface area contributed by atoms with Crippen LogP contribution in [0.3, 0.4) is 0 Å². The summed E-state index contributed by atoms with van der Waals surface area (Å²) in [7, 11) is 0. The number of rotatable bonds is 20. The fourth-order valence-corrected chi connectivity index (χ4v) is 2.90. The second-order valence-electron chi connectivity index (χ2n) is 7.19. The number of carbonyl (C=O) groups is 1. The van der Waals surface area contributed by atoms with Gasteiger partial charge < -0.3 is 10.4 Å². The molecule has 0 heterocycles. The summed E-state index contributed by atoms with van der Waals surface area (Å²) < 4.78 is 0. The molecule has 0 saturated heterocycles. The lowest BCUT2D eigenvalue weighted by atomic mass is 10.1. The second-order valence-corrected chi connectivity index (χ2v) is 7.19. The Balaban J connectivity index is 0. The summed E-state index contributed by atoms with van der Waals surface area (Å²) in [6, 6.07) is 0. The molecule has 0 aromatic rings. The van der Waals surface area contributed by atoms with Crippen LogP contribution in [-0.2, 0) is 4.79 Å². The first-order chi connectivity index (χ1) is 12.8. The number of nitrogens with one attached hydrogen (secondary N) is 2. The van der Waals surface area contributed by atoms with E-state index < -0.39 is 0 Å². The van der Waals surface area contributed by atoms with Crippen molar-refractivity contribution in [1.82, 2.24) is 10.6 Å². The van der Waals surface area contributed by atoms with Crippen LogP contribution in [0.2, 0.25) is 0 Å². The summed E-state index contributed by atoms with van der Waals surface area (Å²) in [5, 5.41) is 14.6. The van der Waals surface area contributed by atoms with E-state index in [9.17, 15) is 4.79 Å². The van der Waals surface area contributed by atoms with Crippen molar-refractivity contribution in [3.05, 3.63) is 12.2 Å². The molecule has 0 aliphatic rings. The SMILES string of the molecule is CCCCCCCC/C=C\CCCCCCCC(=O)NCNCCCO.Cl. The highest BCUT2D eigenvalue weighted by Gasteiger charge is 1.99. The van der Waals surface area contributed by atoms with Gasteiger partial charge in [0.2, 0.25) is 5.91 Å². The van der Waals surface area contributed by atoms with Crippen molar-refractivity contribution in [2.24, 2.45) is 0 Å². The third-order valence-corrected chi connectivity index (χ3v) is 4.59. The zero-order chi connectivity index (χ0) is 19.1. The van der Waals surface area contributed by atoms with E-state index >= 15 is 0 Å². The molecule has 0 aromatic heterocycles. The maximum Gasteiger partial charge on any atom is 0.220 e. The van der Waals surface area contributed by atoms with E-state index in [-0.39, 0.29) is 24.9 Å². The van der Waals surface area contributed by atoms with Crippen LogP contribution < -0.4 is 10.6 Å². The second kappa shape index (κ2) is 25.4. The van der Waals surface area contributed by atoms with Gasteiger partial charge in [-0.2, -0.15) is 0 Å². The molecule has 0 atom stereocenters. The lowest BCUT2D eigenvalue weighted by Crippen LogP contribution is -2.34. The summed E-state index contributed by atoms with van der Waals surface area (Å²) in [5.41, 5.74) is 0. The molecule has 4 nitrogen and oxygen atoms in total. The monoisotopic (exact) mass is 404 g/mol. The Hall–Kier alpha value is -0.580. The van der Waals surface area contributed by atoms with Crippen molar-refractivity contribution in [3.8, 4) is 0 Å². The van der Waals surface area contributed by atoms with Crippen molar-refractivity contribution in [3.63, 3.8) is 0 Å². The molecule has 0 bridgehead atoms. The van der Waals surface area contributed by atoms with Gasteiger partial charge in [0.05, 0.1) is 6.67 Å². The Labute approximate surface area is 174 Å². The van der Waals surface area contributed by atoms with Crippen molar-refractivity contribution in [1.29, 1.82) is 0 Å². The van der Waals surface area contributed by atoms with Crippen LogP contribution in [0.15, 0.2) is 12.2 Å². The first-order valence-electron chi connectivity index (χ1n) is 11.0. The van der Waals surface area contributed by atoms with E-state index in [1.165, 1.54) is 70.6 Å². The topological polar surface area (TPSA) is 61.4 Å². The molecule has 27 heavy (non-hydrogen) atoms. The molecule has 0 unspecified atom stereocenters. The van der Waals surface area contributed by atoms with Crippen LogP contribution >= 0.6 is 12.4 Å². The van der Waals surface area contributed by atoms with Gasteiger partial charge >= 0.3 is 0 Å². The van der Waals surface area contributed by atoms with Gasteiger partial charge in [-0.15, -0.1) is 12.4 Å². The molecule has 0 spiro atoms. The van der Waals surface area contributed by atoms with E-state index in [1.54, 1.807) is 0 Å². The Morgan fingerprint density at radius 2 is 1.37 bits per heavy atom. The van der Waals surface area contributed by atoms with Gasteiger partial charge in [0.1, 0.15) is 0 Å². The number of unbranched alkanes of at least 4 members (excludes halogenated alkanes) is 11. The highest BCUT2D eigenvalue weighted by molar-refractivity contribution is 5.85. The van der Waals surface area contributed by atoms with Gasteiger partial charge in [-0.3, -0.25) is 10.1 Å². The number of hydrogen-bond donors (Lipinski definition) is 3. The van der Waals surface area contributed by atoms with Gasteiger partial charge in [-0.1, -0.05) is 70.4 Å². The van der Waals surface area contributed by atoms with Crippen molar-refractivity contribution in [2.75, 3.05) is 19.8 Å². The van der Waals surface area contributed by atoms with Crippen LogP contribution in [0.1, 0.15) is 103 Å². The highest BCUT2D eigenvalue weighted by Crippen LogP contribution is 2.09. The zero-order valence-corrected chi connectivity index (χ0v) is 18.5. The molecule has 0 fully saturated rings. The highest BCUT2D eigenvalue weighted by atomic mass is 35.5. The molecular weight excluding hydrogens is 360 g/mol. The molecule has 0 radical (unpaired) electrons. The molecule has 0 aromatic carbocycles. The molecule has 0 aliphatic heterocycles. The maximum atomic E-state index is 11.6. The first kappa shape index (κ1) is 28.6. The minimum atomic E-state index is 0. The van der Waals surface area contributed by atoms with E-state index in [1.807, 2.05) is 0 Å². The Morgan fingerprint density at radius 1 is 0.815 bits per heavy atom. The fourth-order valence-electron chi connectivity index (χ4n) is 2.90. The minimum absolute atomic E-state index is 0. The van der Waals surface area contributed by atoms with Crippen molar-refractivity contribution < 1.29 is 9.90 Å². The first-order valence-corrected chi connectivity index (χ1v) is 11.0. The van der Waals surface area contributed by atoms with Gasteiger partial charge in [0.15, 0.2) is 0 Å². The molecule has 0 aliphatic carbocycles. The smallest absolute Gasteiger partial charge is 0.220 e. The predicted molar refractivity (Wildman–Crippen MR) is 119 cm³/mol. The van der Waals surface area contributed by atoms with Crippen LogP contribution in [0.25, 0.3) is 0 Å². The number of carbonyl (C=O) groups excluding carboxylic acids is 1. The summed E-state index contributed by atoms with van der Waals surface area (Å²) >= 11 is 0. The minimum Gasteiger partial charge on any atom is -0.396 e. The molecular formula is C22H45ClN2O2. The molecule has 5 heteroatoms. The van der Waals surface area contributed by atoms with Crippen molar-refractivity contribution in [2.45, 2.75) is 103 Å². The van der Waals surface area contributed by atoms with Gasteiger partial charge in [-0.05, 0) is 45.1 Å². The van der Waals surface area contributed by atoms with E-state index in [0.29, 0.717) is 13.1 Å². The molecule has 1 amide bonds. The number of allylic oxidation sites excluding steroid dienone is 2. The third kappa shape index (κ3) is 25.4. The average Bonchev–Trinajstić information content (AvgIpc) is 2.64. The van der Waals surface area contributed by atoms with Crippen LogP contribution in [0.4, 0.5) is 0 Å². The number of aliphatic hydroxyl groups excluding tert-OH is 1. The van der Waals surface area contributed by atoms with E-state index in [2.05, 4.69) is 29.7 Å². The van der Waals surface area contributed by atoms with Crippen LogP contribution in [0, 0.1) is 0 Å². The van der Waals surface area contributed by atoms with Crippen LogP contribution in [0.5, 0.6) is 0 Å². The van der Waals surface area contributed by atoms with E-state index in [4.69, 9.17) is 5.11 Å². The van der Waals surface area contributed by atoms with Crippen molar-refractivity contribution >= 4 is 18.3 Å². The van der Waals surface area contributed by atoms with Crippen LogP contribution in [-0.4, -0.2) is 30.8 Å². The Morgan fingerprint density at radius 3 is 1.96 bits per heavy atom. The van der Waals surface area contributed by atoms with Gasteiger partial charge in [-0.25, -0.2) is 0 Å². The molecule has 0 rings (SSSR count). The predicted octanol–water partition coefficient (Wildman–Crippen LogP) is 5.49. The normalized spacial score (nSPS) is 10.9. The molecule has 3 N–H and O–H groups in total. The summed E-state index contributed by atoms with van der Waals surface area (Å²) in [6.45, 7) is 3.70. The van der Waals surface area contributed by atoms with E-state index in [0.717, 1.165) is 25.8 Å². The Bertz CT molecular complexity index is 325. The number of hydrogen-bond acceptors (Lipinski definition) is 3. The molecule has 162 valence electrons. The average molecular weight is 405 g/mol. The standard InChI is InChI=1S/C22H44N2O2.ClH/c1-2-3-4-5-6-7-8-9-10-11-12-13-14-15-16-18-22(26)24-21-23-19-17-20-25;/h9-10,23,25H,2-8,11-21H2,1H3,(H,24,26);1H/b10-9-;. The summed E-state index contributed by atoms with van der Waals surface area (Å²) in [4.78, 5) is 11.6. The third-order valence-electron chi connectivity index (χ3n) is 4.59. The van der Waals surface area contributed by atoms with Gasteiger partial charge in [0, 0.05) is 13.0 Å². The number of aliphatic hydroxyl groups is 1. The zero-order valence-electron chi connectivity index (χ0n) is 17.6. The largest absolute Gasteiger partial charge is 0.396 e. The maximum absolute atomic E-state index is 11.6. The molecule has 0 saturated carbocycles. The van der Waals surface area contributed by atoms with Gasteiger partial charge in [0.25, 0.3) is 0 Å². The quantitative estimate of drug-likeness (QED) is 0.143. The lowest BCUT2D eigenvalue weighted by molar-refractivity contribution is -0.121. The fraction of sp³-hybridized carbons (Fsp3) is 0.864. The lowest BCUT2D eigenvalue weighted by Gasteiger charge is -2.06.